The largest absolute Gasteiger partial charge is 0.416 e. The van der Waals surface area contributed by atoms with Crippen LogP contribution in [0.5, 0.6) is 0 Å². The van der Waals surface area contributed by atoms with Crippen LogP contribution in [0.3, 0.4) is 0 Å². The fourth-order valence-electron chi connectivity index (χ4n) is 5.36. The van der Waals surface area contributed by atoms with Gasteiger partial charge in [-0.1, -0.05) is 12.1 Å². The molecule has 5 rings (SSSR count). The Kier molecular flexibility index (Phi) is 5.68. The van der Waals surface area contributed by atoms with Crippen LogP contribution in [0.4, 0.5) is 13.2 Å². The van der Waals surface area contributed by atoms with Crippen LogP contribution < -0.4 is 5.32 Å². The van der Waals surface area contributed by atoms with E-state index >= 15 is 0 Å². The van der Waals surface area contributed by atoms with E-state index in [4.69, 9.17) is 0 Å². The number of piperidine rings is 2. The fraction of sp³-hybridized carbons (Fsp3) is 0.609. The normalized spacial score (nSPS) is 22.7. The molecule has 3 aliphatic rings. The average molecular weight is 463 g/mol. The monoisotopic (exact) mass is 462 g/mol. The molecule has 33 heavy (non-hydrogen) atoms. The maximum atomic E-state index is 12.9. The molecule has 0 radical (unpaired) electrons. The minimum absolute atomic E-state index is 0.0728. The first-order valence-corrected chi connectivity index (χ1v) is 11.6. The Labute approximate surface area is 190 Å². The molecule has 0 aliphatic carbocycles. The lowest BCUT2D eigenvalue weighted by Gasteiger charge is -2.45. The van der Waals surface area contributed by atoms with E-state index < -0.39 is 11.7 Å². The number of hydrogen-bond donors (Lipinski definition) is 1. The van der Waals surface area contributed by atoms with Crippen molar-refractivity contribution < 1.29 is 18.0 Å². The first-order chi connectivity index (χ1) is 15.7. The average Bonchev–Trinajstić information content (AvgIpc) is 3.10. The number of halogens is 3. The number of alkyl halides is 3. The Morgan fingerprint density at radius 1 is 1.06 bits per heavy atom. The number of benzene rings is 1. The second kappa shape index (κ2) is 8.39. The lowest BCUT2D eigenvalue weighted by molar-refractivity contribution is -0.137. The maximum Gasteiger partial charge on any atom is 0.416 e. The highest BCUT2D eigenvalue weighted by Gasteiger charge is 2.41. The molecule has 4 heterocycles. The van der Waals surface area contributed by atoms with Gasteiger partial charge in [-0.25, -0.2) is 9.67 Å². The van der Waals surface area contributed by atoms with E-state index in [1.165, 1.54) is 25.0 Å². The highest BCUT2D eigenvalue weighted by molar-refractivity contribution is 5.77. The van der Waals surface area contributed by atoms with E-state index in [9.17, 15) is 18.0 Å². The summed E-state index contributed by atoms with van der Waals surface area (Å²) in [5.41, 5.74) is -0.547. The van der Waals surface area contributed by atoms with Gasteiger partial charge < -0.3 is 15.1 Å². The molecule has 0 bridgehead atoms. The van der Waals surface area contributed by atoms with Gasteiger partial charge in [0.1, 0.15) is 12.4 Å². The van der Waals surface area contributed by atoms with Crippen molar-refractivity contribution in [1.29, 1.82) is 0 Å². The van der Waals surface area contributed by atoms with Gasteiger partial charge in [0.05, 0.1) is 5.56 Å². The number of carbonyl (C=O) groups is 1. The number of nitrogens with one attached hydrogen (secondary N) is 1. The third-order valence-corrected chi connectivity index (χ3v) is 7.37. The Bertz CT molecular complexity index is 1000. The third-order valence-electron chi connectivity index (χ3n) is 7.37. The van der Waals surface area contributed by atoms with E-state index in [2.05, 4.69) is 32.2 Å². The number of carbonyl (C=O) groups excluding carboxylic acids is 1. The molecule has 1 aromatic carbocycles. The van der Waals surface area contributed by atoms with Crippen molar-refractivity contribution in [2.45, 2.75) is 56.4 Å². The van der Waals surface area contributed by atoms with Crippen molar-refractivity contribution in [2.75, 3.05) is 33.2 Å². The number of nitrogens with zero attached hydrogens (tertiary/aromatic N) is 5. The number of aromatic nitrogens is 3. The Hall–Kier alpha value is -2.46. The smallest absolute Gasteiger partial charge is 0.349 e. The van der Waals surface area contributed by atoms with Gasteiger partial charge >= 0.3 is 6.18 Å². The van der Waals surface area contributed by atoms with Crippen LogP contribution in [-0.4, -0.2) is 75.3 Å². The number of fused-ring (bicyclic) bond motifs is 1. The lowest BCUT2D eigenvalue weighted by Crippen LogP contribution is -2.58. The molecule has 0 atom stereocenters. The summed E-state index contributed by atoms with van der Waals surface area (Å²) in [5.74, 6) is 0.966. The maximum absolute atomic E-state index is 12.9. The highest BCUT2D eigenvalue weighted by Crippen LogP contribution is 2.33. The van der Waals surface area contributed by atoms with Gasteiger partial charge in [-0.05, 0) is 58.0 Å². The number of likely N-dealkylation sites (tertiary alicyclic amines) is 2. The molecule has 2 fully saturated rings. The first kappa shape index (κ1) is 22.3. The van der Waals surface area contributed by atoms with Crippen molar-refractivity contribution in [3.63, 3.8) is 0 Å². The van der Waals surface area contributed by atoms with Gasteiger partial charge in [0.25, 0.3) is 0 Å². The van der Waals surface area contributed by atoms with E-state index in [1.807, 2.05) is 0 Å². The van der Waals surface area contributed by atoms with E-state index in [0.29, 0.717) is 29.7 Å². The summed E-state index contributed by atoms with van der Waals surface area (Å²) in [7, 11) is 2.16. The van der Waals surface area contributed by atoms with Crippen molar-refractivity contribution in [3.05, 3.63) is 35.7 Å². The summed E-state index contributed by atoms with van der Waals surface area (Å²) < 4.78 is 40.2. The minimum Gasteiger partial charge on any atom is -0.349 e. The summed E-state index contributed by atoms with van der Waals surface area (Å²) in [6.45, 7) is 4.20. The summed E-state index contributed by atoms with van der Waals surface area (Å²) in [6.07, 6.45) is 0.264. The molecular formula is C23H29F3N6O. The summed E-state index contributed by atoms with van der Waals surface area (Å²) in [4.78, 5) is 22.3. The van der Waals surface area contributed by atoms with Crippen molar-refractivity contribution >= 4 is 5.91 Å². The predicted octanol–water partition coefficient (Wildman–Crippen LogP) is 2.57. The number of rotatable bonds is 2. The highest BCUT2D eigenvalue weighted by atomic mass is 19.4. The molecular weight excluding hydrogens is 433 g/mol. The summed E-state index contributed by atoms with van der Waals surface area (Å²) >= 11 is 0. The van der Waals surface area contributed by atoms with Crippen LogP contribution in [0.15, 0.2) is 24.3 Å². The van der Waals surface area contributed by atoms with Gasteiger partial charge in [0, 0.05) is 36.7 Å². The van der Waals surface area contributed by atoms with Crippen LogP contribution in [-0.2, 0) is 23.9 Å². The molecule has 2 saturated heterocycles. The van der Waals surface area contributed by atoms with Crippen LogP contribution >= 0.6 is 0 Å². The van der Waals surface area contributed by atoms with E-state index in [-0.39, 0.29) is 18.0 Å². The van der Waals surface area contributed by atoms with Gasteiger partial charge in [0.2, 0.25) is 5.91 Å². The van der Waals surface area contributed by atoms with Crippen molar-refractivity contribution in [2.24, 2.45) is 0 Å². The molecule has 0 saturated carbocycles. The predicted molar refractivity (Wildman–Crippen MR) is 116 cm³/mol. The Morgan fingerprint density at radius 3 is 2.36 bits per heavy atom. The minimum atomic E-state index is -4.38. The van der Waals surface area contributed by atoms with Crippen molar-refractivity contribution in [1.82, 2.24) is 29.9 Å². The quantitative estimate of drug-likeness (QED) is 0.743. The van der Waals surface area contributed by atoms with Gasteiger partial charge in [-0.2, -0.15) is 18.3 Å². The van der Waals surface area contributed by atoms with Crippen LogP contribution in [0.25, 0.3) is 11.4 Å². The van der Waals surface area contributed by atoms with Crippen LogP contribution in [0.2, 0.25) is 0 Å². The lowest BCUT2D eigenvalue weighted by atomic mass is 9.83. The standard InChI is InChI=1S/C23H29F3N6O/c1-30-10-6-18(7-11-30)31-12-8-22(9-13-31)14-19-27-21(29-32(19)15-20(33)28-22)16-2-4-17(5-3-16)23(24,25)26/h2-5,18H,6-15H2,1H3,(H,28,33). The van der Waals surface area contributed by atoms with Crippen molar-refractivity contribution in [3.8, 4) is 11.4 Å². The zero-order valence-corrected chi connectivity index (χ0v) is 18.7. The fourth-order valence-corrected chi connectivity index (χ4v) is 5.36. The molecule has 0 unspecified atom stereocenters. The second-order valence-electron chi connectivity index (χ2n) is 9.66. The molecule has 1 amide bonds. The van der Waals surface area contributed by atoms with Gasteiger partial charge in [0.15, 0.2) is 5.82 Å². The Balaban J connectivity index is 1.31. The topological polar surface area (TPSA) is 66.3 Å². The first-order valence-electron chi connectivity index (χ1n) is 11.6. The molecule has 2 aromatic rings. The summed E-state index contributed by atoms with van der Waals surface area (Å²) in [6, 6.07) is 5.44. The molecule has 1 aromatic heterocycles. The SMILES string of the molecule is CN1CCC(N2CCC3(CC2)Cc2nc(-c4ccc(C(F)(F)F)cc4)nn2CC(=O)N3)CC1. The second-order valence-corrected chi connectivity index (χ2v) is 9.66. The van der Waals surface area contributed by atoms with Crippen LogP contribution in [0.1, 0.15) is 37.1 Å². The zero-order chi connectivity index (χ0) is 23.2. The molecule has 3 aliphatic heterocycles. The molecule has 178 valence electrons. The van der Waals surface area contributed by atoms with E-state index in [0.717, 1.165) is 51.2 Å². The van der Waals surface area contributed by atoms with Gasteiger partial charge in [-0.3, -0.25) is 4.79 Å². The molecule has 10 heteroatoms. The van der Waals surface area contributed by atoms with E-state index in [1.54, 1.807) is 4.68 Å². The van der Waals surface area contributed by atoms with Crippen LogP contribution in [0, 0.1) is 0 Å². The van der Waals surface area contributed by atoms with Gasteiger partial charge in [-0.15, -0.1) is 0 Å². The zero-order valence-electron chi connectivity index (χ0n) is 18.7. The third kappa shape index (κ3) is 4.63. The molecule has 1 N–H and O–H groups in total. The molecule has 7 nitrogen and oxygen atoms in total. The number of hydrogen-bond acceptors (Lipinski definition) is 5. The number of amides is 1. The summed E-state index contributed by atoms with van der Waals surface area (Å²) in [5, 5.41) is 7.69. The Morgan fingerprint density at radius 2 is 1.73 bits per heavy atom. The molecule has 1 spiro atoms.